The van der Waals surface area contributed by atoms with E-state index in [0.717, 1.165) is 11.1 Å². The molecule has 8 heteroatoms. The lowest BCUT2D eigenvalue weighted by atomic mass is 10.0. The number of ether oxygens (including phenoxy) is 1. The van der Waals surface area contributed by atoms with E-state index in [2.05, 4.69) is 15.8 Å². The molecule has 0 spiro atoms. The predicted molar refractivity (Wildman–Crippen MR) is 112 cm³/mol. The lowest BCUT2D eigenvalue weighted by Gasteiger charge is -2.10. The molecule has 0 saturated heterocycles. The largest absolute Gasteiger partial charge is 0.466 e. The number of benzene rings is 2. The van der Waals surface area contributed by atoms with Crippen LogP contribution in [0, 0.1) is 11.3 Å². The van der Waals surface area contributed by atoms with E-state index in [1.54, 1.807) is 55.5 Å². The molecule has 0 atom stereocenters. The molecule has 1 heterocycles. The average Bonchev–Trinajstić information content (AvgIpc) is 2.74. The second-order valence-electron chi connectivity index (χ2n) is 6.31. The molecule has 0 aliphatic carbocycles. The van der Waals surface area contributed by atoms with Crippen molar-refractivity contribution in [3.8, 4) is 17.2 Å². The van der Waals surface area contributed by atoms with Crippen LogP contribution in [-0.2, 0) is 26.0 Å². The first-order valence-corrected chi connectivity index (χ1v) is 10.6. The highest BCUT2D eigenvalue weighted by Gasteiger charge is 2.16. The number of nitrogens with one attached hydrogen (secondary N) is 1. The summed E-state index contributed by atoms with van der Waals surface area (Å²) in [7, 11) is -3.85. The predicted octanol–water partition coefficient (Wildman–Crippen LogP) is 3.53. The third kappa shape index (κ3) is 5.21. The van der Waals surface area contributed by atoms with Gasteiger partial charge in [-0.15, -0.1) is 0 Å². The number of carbonyl (C=O) groups excluding carboxylic acids is 1. The number of pyridine rings is 1. The first-order chi connectivity index (χ1) is 14.4. The number of esters is 1. The van der Waals surface area contributed by atoms with E-state index in [-0.39, 0.29) is 23.7 Å². The Balaban J connectivity index is 1.75. The fourth-order valence-corrected chi connectivity index (χ4v) is 3.76. The Labute approximate surface area is 175 Å². The highest BCUT2D eigenvalue weighted by molar-refractivity contribution is 7.92. The SMILES string of the molecule is CCOC(=O)Cc1cccc(NS(=O)(=O)c2ccc(-c3ccc(C#N)cc3)cc2)n1. The quantitative estimate of drug-likeness (QED) is 0.585. The Kier molecular flexibility index (Phi) is 6.45. The second-order valence-corrected chi connectivity index (χ2v) is 8.00. The van der Waals surface area contributed by atoms with Crippen molar-refractivity contribution in [2.45, 2.75) is 18.2 Å². The zero-order valence-corrected chi connectivity index (χ0v) is 17.0. The molecule has 30 heavy (non-hydrogen) atoms. The summed E-state index contributed by atoms with van der Waals surface area (Å²) in [6.07, 6.45) is -0.0390. The Bertz CT molecular complexity index is 1180. The zero-order valence-electron chi connectivity index (χ0n) is 16.2. The monoisotopic (exact) mass is 421 g/mol. The van der Waals surface area contributed by atoms with Gasteiger partial charge in [-0.3, -0.25) is 9.52 Å². The Morgan fingerprint density at radius 3 is 2.27 bits per heavy atom. The molecule has 2 aromatic carbocycles. The van der Waals surface area contributed by atoms with Crippen molar-refractivity contribution in [2.75, 3.05) is 11.3 Å². The van der Waals surface area contributed by atoms with Crippen LogP contribution in [-0.4, -0.2) is 26.0 Å². The normalized spacial score (nSPS) is 10.8. The molecule has 0 fully saturated rings. The number of hydrogen-bond acceptors (Lipinski definition) is 6. The lowest BCUT2D eigenvalue weighted by molar-refractivity contribution is -0.142. The van der Waals surface area contributed by atoms with Crippen molar-refractivity contribution in [3.63, 3.8) is 0 Å². The molecule has 1 N–H and O–H groups in total. The van der Waals surface area contributed by atoms with Crippen molar-refractivity contribution in [2.24, 2.45) is 0 Å². The first kappa shape index (κ1) is 21.0. The van der Waals surface area contributed by atoms with Crippen LogP contribution < -0.4 is 4.72 Å². The minimum Gasteiger partial charge on any atom is -0.466 e. The Morgan fingerprint density at radius 2 is 1.67 bits per heavy atom. The van der Waals surface area contributed by atoms with Crippen molar-refractivity contribution in [1.29, 1.82) is 5.26 Å². The van der Waals surface area contributed by atoms with Gasteiger partial charge < -0.3 is 4.74 Å². The summed E-state index contributed by atoms with van der Waals surface area (Å²) in [5.74, 6) is -0.309. The van der Waals surface area contributed by atoms with E-state index < -0.39 is 16.0 Å². The summed E-state index contributed by atoms with van der Waals surface area (Å²) in [5, 5.41) is 8.88. The molecule has 1 aromatic heterocycles. The minimum atomic E-state index is -3.85. The van der Waals surface area contributed by atoms with E-state index in [4.69, 9.17) is 10.00 Å². The molecule has 7 nitrogen and oxygen atoms in total. The molecule has 0 saturated carbocycles. The molecule has 0 aliphatic heterocycles. The van der Waals surface area contributed by atoms with Gasteiger partial charge in [-0.05, 0) is 54.4 Å². The van der Waals surface area contributed by atoms with E-state index in [0.29, 0.717) is 11.3 Å². The molecule has 0 unspecified atom stereocenters. The molecule has 152 valence electrons. The Hall–Kier alpha value is -3.70. The van der Waals surface area contributed by atoms with Gasteiger partial charge in [0, 0.05) is 0 Å². The highest BCUT2D eigenvalue weighted by atomic mass is 32.2. The first-order valence-electron chi connectivity index (χ1n) is 9.16. The molecular weight excluding hydrogens is 402 g/mol. The number of hydrogen-bond donors (Lipinski definition) is 1. The van der Waals surface area contributed by atoms with E-state index in [1.807, 2.05) is 0 Å². The number of anilines is 1. The van der Waals surface area contributed by atoms with Crippen LogP contribution in [0.25, 0.3) is 11.1 Å². The topological polar surface area (TPSA) is 109 Å². The van der Waals surface area contributed by atoms with Crippen LogP contribution in [0.2, 0.25) is 0 Å². The summed E-state index contributed by atoms with van der Waals surface area (Å²) in [6, 6.07) is 20.2. The van der Waals surface area contributed by atoms with Gasteiger partial charge in [-0.1, -0.05) is 30.3 Å². The fraction of sp³-hybridized carbons (Fsp3) is 0.136. The number of sulfonamides is 1. The van der Waals surface area contributed by atoms with Gasteiger partial charge in [0.1, 0.15) is 5.82 Å². The van der Waals surface area contributed by atoms with Crippen LogP contribution >= 0.6 is 0 Å². The fourth-order valence-electron chi connectivity index (χ4n) is 2.76. The molecule has 0 bridgehead atoms. The van der Waals surface area contributed by atoms with Crippen LogP contribution in [0.5, 0.6) is 0 Å². The third-order valence-electron chi connectivity index (χ3n) is 4.19. The van der Waals surface area contributed by atoms with Crippen LogP contribution in [0.4, 0.5) is 5.82 Å². The van der Waals surface area contributed by atoms with Gasteiger partial charge in [0.25, 0.3) is 10.0 Å². The molecule has 3 rings (SSSR count). The third-order valence-corrected chi connectivity index (χ3v) is 5.56. The summed E-state index contributed by atoms with van der Waals surface area (Å²) in [6.45, 7) is 1.98. The van der Waals surface area contributed by atoms with Gasteiger partial charge >= 0.3 is 5.97 Å². The number of rotatable bonds is 7. The van der Waals surface area contributed by atoms with E-state index in [9.17, 15) is 13.2 Å². The van der Waals surface area contributed by atoms with Gasteiger partial charge in [-0.25, -0.2) is 13.4 Å². The summed E-state index contributed by atoms with van der Waals surface area (Å²) in [5.41, 5.74) is 2.66. The van der Waals surface area contributed by atoms with Crippen molar-refractivity contribution < 1.29 is 17.9 Å². The van der Waals surface area contributed by atoms with Crippen LogP contribution in [0.1, 0.15) is 18.2 Å². The lowest BCUT2D eigenvalue weighted by Crippen LogP contribution is -2.15. The zero-order chi connectivity index (χ0) is 21.6. The second kappa shape index (κ2) is 9.20. The summed E-state index contributed by atoms with van der Waals surface area (Å²) < 4.78 is 32.7. The average molecular weight is 421 g/mol. The highest BCUT2D eigenvalue weighted by Crippen LogP contribution is 2.23. The maximum atomic E-state index is 12.7. The number of aromatic nitrogens is 1. The number of nitrogens with zero attached hydrogens (tertiary/aromatic N) is 2. The Morgan fingerprint density at radius 1 is 1.03 bits per heavy atom. The molecule has 3 aromatic rings. The molecule has 0 radical (unpaired) electrons. The van der Waals surface area contributed by atoms with Gasteiger partial charge in [0.15, 0.2) is 0 Å². The van der Waals surface area contributed by atoms with Crippen LogP contribution in [0.15, 0.2) is 71.6 Å². The van der Waals surface area contributed by atoms with E-state index >= 15 is 0 Å². The van der Waals surface area contributed by atoms with E-state index in [1.165, 1.54) is 18.2 Å². The standard InChI is InChI=1S/C22H19N3O4S/c1-2-29-22(26)14-19-4-3-5-21(24-19)25-30(27,28)20-12-10-18(11-13-20)17-8-6-16(15-23)7-9-17/h3-13H,2,14H2,1H3,(H,24,25). The van der Waals surface area contributed by atoms with Gasteiger partial charge in [0.05, 0.1) is 35.2 Å². The van der Waals surface area contributed by atoms with Crippen LogP contribution in [0.3, 0.4) is 0 Å². The summed E-state index contributed by atoms with van der Waals surface area (Å²) >= 11 is 0. The molecular formula is C22H19N3O4S. The van der Waals surface area contributed by atoms with Gasteiger partial charge in [0.2, 0.25) is 0 Å². The van der Waals surface area contributed by atoms with Gasteiger partial charge in [-0.2, -0.15) is 5.26 Å². The maximum Gasteiger partial charge on any atom is 0.311 e. The van der Waals surface area contributed by atoms with Crippen molar-refractivity contribution in [3.05, 3.63) is 78.0 Å². The maximum absolute atomic E-state index is 12.7. The molecule has 0 amide bonds. The summed E-state index contributed by atoms with van der Waals surface area (Å²) in [4.78, 5) is 15.8. The number of carbonyl (C=O) groups is 1. The molecule has 0 aliphatic rings. The number of nitriles is 1. The van der Waals surface area contributed by atoms with Crippen molar-refractivity contribution in [1.82, 2.24) is 4.98 Å². The smallest absolute Gasteiger partial charge is 0.311 e. The minimum absolute atomic E-state index is 0.0390. The van der Waals surface area contributed by atoms with Crippen molar-refractivity contribution >= 4 is 21.8 Å².